The number of aryl methyl sites for hydroxylation is 2. The van der Waals surface area contributed by atoms with Crippen molar-refractivity contribution in [2.45, 2.75) is 32.7 Å². The molecule has 10 nitrogen and oxygen atoms in total. The Bertz CT molecular complexity index is 1450. The van der Waals surface area contributed by atoms with Gasteiger partial charge in [-0.25, -0.2) is 16.8 Å². The standard InChI is InChI=1S/C26H34N4O6S2/c1-19-4-7-24(20(2)16-19)27-10-12-28(13-11-27)26(32)23-6-5-21(30-22(18-31)8-15-38(30,35)36)17-25(23)29-9-3-14-37(29,33)34/h4-7,16-17,22,31H,3,8-15,18H2,1-2H3/t22-/m0/s1. The maximum atomic E-state index is 13.7. The van der Waals surface area contributed by atoms with E-state index in [1.165, 1.54) is 33.6 Å². The van der Waals surface area contributed by atoms with Crippen molar-refractivity contribution in [1.29, 1.82) is 0 Å². The minimum Gasteiger partial charge on any atom is -0.394 e. The summed E-state index contributed by atoms with van der Waals surface area (Å²) in [6.45, 7) is 6.27. The maximum Gasteiger partial charge on any atom is 0.256 e. The van der Waals surface area contributed by atoms with Crippen molar-refractivity contribution in [1.82, 2.24) is 4.90 Å². The highest BCUT2D eigenvalue weighted by Gasteiger charge is 2.39. The quantitative estimate of drug-likeness (QED) is 0.589. The van der Waals surface area contributed by atoms with Gasteiger partial charge in [-0.2, -0.15) is 0 Å². The molecule has 0 saturated carbocycles. The highest BCUT2D eigenvalue weighted by molar-refractivity contribution is 7.93. The number of nitrogens with zero attached hydrogens (tertiary/aromatic N) is 4. The van der Waals surface area contributed by atoms with Gasteiger partial charge in [-0.05, 0) is 56.5 Å². The average Bonchev–Trinajstić information content (AvgIpc) is 3.40. The van der Waals surface area contributed by atoms with E-state index >= 15 is 0 Å². The van der Waals surface area contributed by atoms with Gasteiger partial charge >= 0.3 is 0 Å². The molecule has 3 heterocycles. The lowest BCUT2D eigenvalue weighted by Gasteiger charge is -2.37. The summed E-state index contributed by atoms with van der Waals surface area (Å²) in [4.78, 5) is 17.7. The first-order chi connectivity index (χ1) is 18.0. The smallest absolute Gasteiger partial charge is 0.256 e. The molecule has 1 amide bonds. The third-order valence-corrected chi connectivity index (χ3v) is 11.4. The Morgan fingerprint density at radius 3 is 2.26 bits per heavy atom. The van der Waals surface area contributed by atoms with Crippen molar-refractivity contribution in [2.75, 3.05) is 64.3 Å². The lowest BCUT2D eigenvalue weighted by Crippen LogP contribution is -2.49. The molecule has 12 heteroatoms. The molecule has 0 bridgehead atoms. The number of piperazine rings is 1. The Morgan fingerprint density at radius 2 is 1.63 bits per heavy atom. The summed E-state index contributed by atoms with van der Waals surface area (Å²) in [5.41, 5.74) is 4.20. The van der Waals surface area contributed by atoms with E-state index < -0.39 is 26.1 Å². The normalized spacial score (nSPS) is 22.8. The lowest BCUT2D eigenvalue weighted by molar-refractivity contribution is 0.0747. The van der Waals surface area contributed by atoms with Gasteiger partial charge in [0.2, 0.25) is 20.0 Å². The molecule has 206 valence electrons. The zero-order chi connectivity index (χ0) is 27.2. The molecule has 0 aromatic heterocycles. The zero-order valence-corrected chi connectivity index (χ0v) is 23.3. The monoisotopic (exact) mass is 562 g/mol. The molecule has 0 unspecified atom stereocenters. The highest BCUT2D eigenvalue weighted by Crippen LogP contribution is 2.36. The second kappa shape index (κ2) is 10.0. The van der Waals surface area contributed by atoms with E-state index in [0.717, 1.165) is 9.99 Å². The van der Waals surface area contributed by atoms with Crippen LogP contribution >= 0.6 is 0 Å². The van der Waals surface area contributed by atoms with Crippen LogP contribution in [-0.4, -0.2) is 89.6 Å². The summed E-state index contributed by atoms with van der Waals surface area (Å²) in [7, 11) is -7.29. The number of sulfonamides is 2. The van der Waals surface area contributed by atoms with Crippen molar-refractivity contribution in [3.63, 3.8) is 0 Å². The number of carbonyl (C=O) groups excluding carboxylic acids is 1. The molecule has 3 aliphatic heterocycles. The number of amides is 1. The second-order valence-corrected chi connectivity index (χ2v) is 14.2. The molecular formula is C26H34N4O6S2. The van der Waals surface area contributed by atoms with E-state index in [1.54, 1.807) is 4.90 Å². The Hall–Kier alpha value is -2.83. The average molecular weight is 563 g/mol. The highest BCUT2D eigenvalue weighted by atomic mass is 32.2. The van der Waals surface area contributed by atoms with Crippen molar-refractivity contribution in [3.8, 4) is 0 Å². The molecule has 5 rings (SSSR count). The van der Waals surface area contributed by atoms with Gasteiger partial charge in [-0.3, -0.25) is 13.4 Å². The third-order valence-electron chi connectivity index (χ3n) is 7.65. The molecule has 3 saturated heterocycles. The van der Waals surface area contributed by atoms with Crippen molar-refractivity contribution in [3.05, 3.63) is 53.1 Å². The molecule has 0 spiro atoms. The molecule has 0 radical (unpaired) electrons. The van der Waals surface area contributed by atoms with Gasteiger partial charge in [0, 0.05) is 38.4 Å². The van der Waals surface area contributed by atoms with E-state index in [9.17, 15) is 26.7 Å². The summed E-state index contributed by atoms with van der Waals surface area (Å²) < 4.78 is 53.6. The largest absolute Gasteiger partial charge is 0.394 e. The number of hydrogen-bond donors (Lipinski definition) is 1. The predicted octanol–water partition coefficient (Wildman–Crippen LogP) is 1.71. The molecule has 2 aromatic rings. The number of aliphatic hydroxyl groups excluding tert-OH is 1. The number of aliphatic hydroxyl groups is 1. The number of hydrogen-bond acceptors (Lipinski definition) is 7. The van der Waals surface area contributed by atoms with E-state index in [0.29, 0.717) is 32.6 Å². The Labute approximate surface area is 224 Å². The van der Waals surface area contributed by atoms with Crippen molar-refractivity contribution < 1.29 is 26.7 Å². The van der Waals surface area contributed by atoms with E-state index in [-0.39, 0.29) is 53.9 Å². The fraction of sp³-hybridized carbons (Fsp3) is 0.500. The fourth-order valence-corrected chi connectivity index (χ4v) is 9.10. The van der Waals surface area contributed by atoms with Crippen LogP contribution in [0.2, 0.25) is 0 Å². The first-order valence-corrected chi connectivity index (χ1v) is 16.1. The summed E-state index contributed by atoms with van der Waals surface area (Å²) >= 11 is 0. The van der Waals surface area contributed by atoms with Gasteiger partial charge in [-0.1, -0.05) is 17.7 Å². The summed E-state index contributed by atoms with van der Waals surface area (Å²) in [5.74, 6) is -0.404. The van der Waals surface area contributed by atoms with Crippen LogP contribution in [0.5, 0.6) is 0 Å². The van der Waals surface area contributed by atoms with Crippen LogP contribution in [-0.2, 0) is 20.0 Å². The summed E-state index contributed by atoms with van der Waals surface area (Å²) in [6, 6.07) is 10.2. The zero-order valence-electron chi connectivity index (χ0n) is 21.7. The van der Waals surface area contributed by atoms with Gasteiger partial charge < -0.3 is 14.9 Å². The van der Waals surface area contributed by atoms with Crippen LogP contribution in [0.1, 0.15) is 34.3 Å². The Balaban J connectivity index is 1.45. The van der Waals surface area contributed by atoms with E-state index in [1.807, 2.05) is 0 Å². The molecule has 1 atom stereocenters. The van der Waals surface area contributed by atoms with Gasteiger partial charge in [0.1, 0.15) is 0 Å². The van der Waals surface area contributed by atoms with Crippen LogP contribution in [0.25, 0.3) is 0 Å². The minimum atomic E-state index is -3.66. The lowest BCUT2D eigenvalue weighted by atomic mass is 10.1. The number of anilines is 3. The molecule has 3 aliphatic rings. The number of carbonyl (C=O) groups is 1. The Morgan fingerprint density at radius 1 is 0.895 bits per heavy atom. The molecule has 2 aromatic carbocycles. The van der Waals surface area contributed by atoms with Crippen LogP contribution in [0.3, 0.4) is 0 Å². The van der Waals surface area contributed by atoms with E-state index in [2.05, 4.69) is 36.9 Å². The van der Waals surface area contributed by atoms with Crippen LogP contribution in [0.15, 0.2) is 36.4 Å². The fourth-order valence-electron chi connectivity index (χ4n) is 5.70. The van der Waals surface area contributed by atoms with E-state index in [4.69, 9.17) is 0 Å². The summed E-state index contributed by atoms with van der Waals surface area (Å²) in [6.07, 6.45) is 0.706. The van der Waals surface area contributed by atoms with Gasteiger partial charge in [0.25, 0.3) is 5.91 Å². The Kier molecular flexibility index (Phi) is 7.08. The predicted molar refractivity (Wildman–Crippen MR) is 148 cm³/mol. The molecular weight excluding hydrogens is 528 g/mol. The first-order valence-electron chi connectivity index (χ1n) is 12.9. The number of rotatable bonds is 5. The van der Waals surface area contributed by atoms with Crippen LogP contribution < -0.4 is 13.5 Å². The van der Waals surface area contributed by atoms with Crippen LogP contribution in [0.4, 0.5) is 17.1 Å². The third kappa shape index (κ3) is 4.85. The van der Waals surface area contributed by atoms with Gasteiger partial charge in [0.15, 0.2) is 0 Å². The number of benzene rings is 2. The van der Waals surface area contributed by atoms with Gasteiger partial charge in [0.05, 0.1) is 41.1 Å². The minimum absolute atomic E-state index is 0.0271. The first kappa shape index (κ1) is 26.8. The maximum absolute atomic E-state index is 13.7. The van der Waals surface area contributed by atoms with Crippen LogP contribution in [0, 0.1) is 13.8 Å². The second-order valence-electron chi connectivity index (χ2n) is 10.2. The van der Waals surface area contributed by atoms with Crippen molar-refractivity contribution in [2.24, 2.45) is 0 Å². The molecule has 1 N–H and O–H groups in total. The van der Waals surface area contributed by atoms with Gasteiger partial charge in [-0.15, -0.1) is 0 Å². The SMILES string of the molecule is Cc1ccc(N2CCN(C(=O)c3ccc(N4[C@H](CO)CCS4(=O)=O)cc3N3CCCS3(=O)=O)CC2)c(C)c1. The topological polar surface area (TPSA) is 119 Å². The molecule has 3 fully saturated rings. The summed E-state index contributed by atoms with van der Waals surface area (Å²) in [5, 5.41) is 9.76. The van der Waals surface area contributed by atoms with Crippen molar-refractivity contribution >= 4 is 43.0 Å². The molecule has 38 heavy (non-hydrogen) atoms. The molecule has 0 aliphatic carbocycles.